The zero-order valence-corrected chi connectivity index (χ0v) is 14.9. The van der Waals surface area contributed by atoms with Gasteiger partial charge in [0.25, 0.3) is 5.91 Å². The Labute approximate surface area is 150 Å². The molecule has 7 nitrogen and oxygen atoms in total. The number of pyridine rings is 1. The Balaban J connectivity index is 2.13. The van der Waals surface area contributed by atoms with Crippen LogP contribution in [0.1, 0.15) is 20.7 Å². The molecular weight excluding hydrogens is 336 g/mol. The van der Waals surface area contributed by atoms with Crippen LogP contribution in [0.5, 0.6) is 0 Å². The normalized spacial score (nSPS) is 11.0. The first-order valence-corrected chi connectivity index (χ1v) is 8.08. The van der Waals surface area contributed by atoms with Crippen molar-refractivity contribution in [2.45, 2.75) is 0 Å². The molecule has 0 spiro atoms. The van der Waals surface area contributed by atoms with Gasteiger partial charge < -0.3 is 13.9 Å². The number of para-hydroxylation sites is 1. The number of benzene rings is 1. The predicted molar refractivity (Wildman–Crippen MR) is 96.2 cm³/mol. The third kappa shape index (κ3) is 3.02. The third-order valence-corrected chi connectivity index (χ3v) is 4.22. The van der Waals surface area contributed by atoms with Crippen LogP contribution in [-0.4, -0.2) is 55.8 Å². The molecule has 0 atom stereocenters. The molecule has 0 N–H and O–H groups in total. The number of hydroxylamine groups is 2. The lowest BCUT2D eigenvalue weighted by atomic mass is 10.1. The molecule has 136 valence electrons. The minimum absolute atomic E-state index is 0.288. The molecule has 0 saturated heterocycles. The summed E-state index contributed by atoms with van der Waals surface area (Å²) in [6.45, 7) is 0.671. The summed E-state index contributed by atoms with van der Waals surface area (Å²) >= 11 is 0. The standard InChI is InChI=1S/C19H20N2O5/c1-24-11-10-21(26-3)18(22)13-8-9-16-17(19(23)25-2)14-6-4-5-7-15(14)20(16)12-13/h4-9,12H,10-11H2,1-3H3. The molecule has 0 unspecified atom stereocenters. The van der Waals surface area contributed by atoms with Gasteiger partial charge in [0, 0.05) is 18.7 Å². The minimum Gasteiger partial charge on any atom is -0.465 e. The van der Waals surface area contributed by atoms with Gasteiger partial charge in [0.05, 0.1) is 49.5 Å². The Morgan fingerprint density at radius 2 is 1.81 bits per heavy atom. The molecule has 0 fully saturated rings. The summed E-state index contributed by atoms with van der Waals surface area (Å²) < 4.78 is 11.7. The maximum Gasteiger partial charge on any atom is 0.340 e. The summed E-state index contributed by atoms with van der Waals surface area (Å²) in [7, 11) is 4.35. The number of nitrogens with zero attached hydrogens (tertiary/aromatic N) is 2. The van der Waals surface area contributed by atoms with Crippen molar-refractivity contribution >= 4 is 28.3 Å². The van der Waals surface area contributed by atoms with E-state index < -0.39 is 5.97 Å². The lowest BCUT2D eigenvalue weighted by Gasteiger charge is -2.19. The van der Waals surface area contributed by atoms with Crippen molar-refractivity contribution in [3.63, 3.8) is 0 Å². The maximum absolute atomic E-state index is 12.7. The van der Waals surface area contributed by atoms with Crippen molar-refractivity contribution in [3.05, 3.63) is 53.7 Å². The van der Waals surface area contributed by atoms with Gasteiger partial charge in [-0.05, 0) is 18.2 Å². The monoisotopic (exact) mass is 356 g/mol. The lowest BCUT2D eigenvalue weighted by Crippen LogP contribution is -2.33. The first-order valence-electron chi connectivity index (χ1n) is 8.08. The highest BCUT2D eigenvalue weighted by Crippen LogP contribution is 2.28. The fraction of sp³-hybridized carbons (Fsp3) is 0.263. The number of ether oxygens (including phenoxy) is 2. The lowest BCUT2D eigenvalue weighted by molar-refractivity contribution is -0.103. The van der Waals surface area contributed by atoms with Crippen molar-refractivity contribution in [2.75, 3.05) is 34.5 Å². The van der Waals surface area contributed by atoms with E-state index >= 15 is 0 Å². The molecule has 0 aliphatic carbocycles. The van der Waals surface area contributed by atoms with Gasteiger partial charge >= 0.3 is 5.97 Å². The van der Waals surface area contributed by atoms with Crippen molar-refractivity contribution in [3.8, 4) is 0 Å². The molecule has 0 aliphatic heterocycles. The summed E-state index contributed by atoms with van der Waals surface area (Å²) in [5.74, 6) is -0.703. The predicted octanol–water partition coefficient (Wildman–Crippen LogP) is 2.53. The Bertz CT molecular complexity index is 963. The van der Waals surface area contributed by atoms with Gasteiger partial charge in [-0.15, -0.1) is 0 Å². The molecule has 2 aromatic heterocycles. The maximum atomic E-state index is 12.7. The molecule has 3 aromatic rings. The van der Waals surface area contributed by atoms with E-state index in [0.29, 0.717) is 29.8 Å². The summed E-state index contributed by atoms with van der Waals surface area (Å²) in [6, 6.07) is 10.9. The summed E-state index contributed by atoms with van der Waals surface area (Å²) in [5, 5.41) is 2.00. The number of esters is 1. The van der Waals surface area contributed by atoms with Gasteiger partial charge in [0.2, 0.25) is 0 Å². The quantitative estimate of drug-likeness (QED) is 0.501. The van der Waals surface area contributed by atoms with Gasteiger partial charge in [-0.1, -0.05) is 18.2 Å². The van der Waals surface area contributed by atoms with Crippen LogP contribution < -0.4 is 0 Å². The van der Waals surface area contributed by atoms with Gasteiger partial charge in [-0.3, -0.25) is 9.63 Å². The van der Waals surface area contributed by atoms with Crippen molar-refractivity contribution < 1.29 is 23.9 Å². The first kappa shape index (κ1) is 17.9. The van der Waals surface area contributed by atoms with Crippen LogP contribution in [0.2, 0.25) is 0 Å². The molecule has 0 radical (unpaired) electrons. The molecule has 0 saturated carbocycles. The Hall–Kier alpha value is -2.90. The van der Waals surface area contributed by atoms with Crippen molar-refractivity contribution in [2.24, 2.45) is 0 Å². The number of aromatic nitrogens is 1. The third-order valence-electron chi connectivity index (χ3n) is 4.22. The smallest absolute Gasteiger partial charge is 0.340 e. The molecule has 2 heterocycles. The number of amides is 1. The van der Waals surface area contributed by atoms with Crippen LogP contribution in [0.15, 0.2) is 42.6 Å². The van der Waals surface area contributed by atoms with Crippen LogP contribution in [0.25, 0.3) is 16.4 Å². The summed E-state index contributed by atoms with van der Waals surface area (Å²) in [6.07, 6.45) is 1.70. The largest absolute Gasteiger partial charge is 0.465 e. The fourth-order valence-corrected chi connectivity index (χ4v) is 2.97. The fourth-order valence-electron chi connectivity index (χ4n) is 2.97. The van der Waals surface area contributed by atoms with Crippen LogP contribution in [0.4, 0.5) is 0 Å². The highest BCUT2D eigenvalue weighted by Gasteiger charge is 2.21. The second-order valence-corrected chi connectivity index (χ2v) is 5.64. The topological polar surface area (TPSA) is 69.5 Å². The van der Waals surface area contributed by atoms with E-state index in [-0.39, 0.29) is 5.91 Å². The van der Waals surface area contributed by atoms with E-state index in [1.807, 2.05) is 28.7 Å². The van der Waals surface area contributed by atoms with Crippen LogP contribution >= 0.6 is 0 Å². The number of carbonyl (C=O) groups is 2. The Morgan fingerprint density at radius 3 is 2.50 bits per heavy atom. The van der Waals surface area contributed by atoms with Crippen LogP contribution in [-0.2, 0) is 14.3 Å². The molecule has 7 heteroatoms. The second-order valence-electron chi connectivity index (χ2n) is 5.64. The molecule has 3 rings (SSSR count). The zero-order valence-electron chi connectivity index (χ0n) is 14.9. The van der Waals surface area contributed by atoms with Gasteiger partial charge in [0.1, 0.15) is 0 Å². The number of rotatable bonds is 6. The van der Waals surface area contributed by atoms with E-state index in [4.69, 9.17) is 14.3 Å². The average Bonchev–Trinajstić information content (AvgIpc) is 3.01. The van der Waals surface area contributed by atoms with E-state index in [1.54, 1.807) is 25.4 Å². The number of fused-ring (bicyclic) bond motifs is 3. The highest BCUT2D eigenvalue weighted by atomic mass is 16.7. The van der Waals surface area contributed by atoms with Gasteiger partial charge in [0.15, 0.2) is 0 Å². The molecule has 0 bridgehead atoms. The summed E-state index contributed by atoms with van der Waals surface area (Å²) in [4.78, 5) is 30.1. The Kier molecular flexibility index (Phi) is 5.20. The number of hydrogen-bond acceptors (Lipinski definition) is 5. The van der Waals surface area contributed by atoms with Gasteiger partial charge in [-0.25, -0.2) is 9.86 Å². The van der Waals surface area contributed by atoms with E-state index in [2.05, 4.69) is 0 Å². The van der Waals surface area contributed by atoms with Crippen molar-refractivity contribution in [1.82, 2.24) is 9.46 Å². The van der Waals surface area contributed by atoms with Crippen LogP contribution in [0, 0.1) is 0 Å². The zero-order chi connectivity index (χ0) is 18.7. The minimum atomic E-state index is -0.415. The van der Waals surface area contributed by atoms with Crippen molar-refractivity contribution in [1.29, 1.82) is 0 Å². The van der Waals surface area contributed by atoms with E-state index in [0.717, 1.165) is 10.9 Å². The molecule has 26 heavy (non-hydrogen) atoms. The molecular formula is C19H20N2O5. The summed E-state index contributed by atoms with van der Waals surface area (Å²) in [5.41, 5.74) is 2.41. The highest BCUT2D eigenvalue weighted by molar-refractivity contribution is 6.12. The van der Waals surface area contributed by atoms with Gasteiger partial charge in [-0.2, -0.15) is 0 Å². The average molecular weight is 356 g/mol. The second kappa shape index (κ2) is 7.55. The SMILES string of the molecule is COCCN(OC)C(=O)c1ccc2c(C(=O)OC)c3ccccc3n2c1. The number of carbonyl (C=O) groups excluding carboxylic acids is 2. The number of hydrogen-bond donors (Lipinski definition) is 0. The molecule has 1 aromatic carbocycles. The first-order chi connectivity index (χ1) is 12.6. The Morgan fingerprint density at radius 1 is 1.04 bits per heavy atom. The van der Waals surface area contributed by atoms with Crippen LogP contribution in [0.3, 0.4) is 0 Å². The number of methoxy groups -OCH3 is 2. The molecule has 1 amide bonds. The molecule has 0 aliphatic rings. The van der Waals surface area contributed by atoms with E-state index in [1.165, 1.54) is 19.3 Å². The van der Waals surface area contributed by atoms with E-state index in [9.17, 15) is 9.59 Å².